The molecule has 0 spiro atoms. The minimum Gasteiger partial charge on any atom is -0.343 e. The van der Waals surface area contributed by atoms with Crippen LogP contribution < -0.4 is 5.32 Å². The predicted octanol–water partition coefficient (Wildman–Crippen LogP) is 4.54. The SMILES string of the molecule is O=C(NC1(c2cccc(Cl)c2)CCCC1)c1ccccc1. The molecule has 108 valence electrons. The topological polar surface area (TPSA) is 29.1 Å². The van der Waals surface area contributed by atoms with Crippen LogP contribution in [-0.2, 0) is 5.54 Å². The number of carbonyl (C=O) groups is 1. The van der Waals surface area contributed by atoms with Crippen LogP contribution in [0.5, 0.6) is 0 Å². The number of benzene rings is 2. The van der Waals surface area contributed by atoms with E-state index in [-0.39, 0.29) is 11.4 Å². The second kappa shape index (κ2) is 5.90. The van der Waals surface area contributed by atoms with E-state index in [0.717, 1.165) is 31.2 Å². The summed E-state index contributed by atoms with van der Waals surface area (Å²) in [6.07, 6.45) is 4.18. The molecule has 0 saturated heterocycles. The van der Waals surface area contributed by atoms with Gasteiger partial charge in [-0.25, -0.2) is 0 Å². The molecule has 1 N–H and O–H groups in total. The Kier molecular flexibility index (Phi) is 3.98. The fraction of sp³-hybridized carbons (Fsp3) is 0.278. The highest BCUT2D eigenvalue weighted by atomic mass is 35.5. The molecule has 3 heteroatoms. The Hall–Kier alpha value is -1.80. The van der Waals surface area contributed by atoms with Gasteiger partial charge in [0.1, 0.15) is 0 Å². The summed E-state index contributed by atoms with van der Waals surface area (Å²) >= 11 is 6.13. The van der Waals surface area contributed by atoms with Crippen LogP contribution in [0.15, 0.2) is 54.6 Å². The van der Waals surface area contributed by atoms with Gasteiger partial charge in [-0.05, 0) is 42.7 Å². The van der Waals surface area contributed by atoms with Gasteiger partial charge in [-0.3, -0.25) is 4.79 Å². The zero-order valence-corrected chi connectivity index (χ0v) is 12.6. The summed E-state index contributed by atoms with van der Waals surface area (Å²) in [5, 5.41) is 3.97. The van der Waals surface area contributed by atoms with Crippen molar-refractivity contribution in [1.82, 2.24) is 5.32 Å². The Bertz CT molecular complexity index is 633. The summed E-state index contributed by atoms with van der Waals surface area (Å²) < 4.78 is 0. The highest BCUT2D eigenvalue weighted by molar-refractivity contribution is 6.30. The normalized spacial score (nSPS) is 16.6. The van der Waals surface area contributed by atoms with Crippen LogP contribution in [-0.4, -0.2) is 5.91 Å². The molecule has 0 aliphatic heterocycles. The quantitative estimate of drug-likeness (QED) is 0.886. The molecule has 0 radical (unpaired) electrons. The van der Waals surface area contributed by atoms with Gasteiger partial charge in [-0.1, -0.05) is 54.8 Å². The lowest BCUT2D eigenvalue weighted by molar-refractivity contribution is 0.0898. The summed E-state index contributed by atoms with van der Waals surface area (Å²) in [7, 11) is 0. The van der Waals surface area contributed by atoms with Crippen LogP contribution in [0, 0.1) is 0 Å². The lowest BCUT2D eigenvalue weighted by atomic mass is 9.87. The third kappa shape index (κ3) is 2.96. The molecule has 1 amide bonds. The zero-order valence-electron chi connectivity index (χ0n) is 11.8. The highest BCUT2D eigenvalue weighted by Crippen LogP contribution is 2.39. The summed E-state index contributed by atoms with van der Waals surface area (Å²) in [6, 6.07) is 17.2. The number of halogens is 1. The van der Waals surface area contributed by atoms with Gasteiger partial charge in [-0.15, -0.1) is 0 Å². The van der Waals surface area contributed by atoms with E-state index in [0.29, 0.717) is 10.6 Å². The smallest absolute Gasteiger partial charge is 0.251 e. The van der Waals surface area contributed by atoms with Crippen LogP contribution in [0.2, 0.25) is 5.02 Å². The predicted molar refractivity (Wildman–Crippen MR) is 85.5 cm³/mol. The van der Waals surface area contributed by atoms with Crippen molar-refractivity contribution in [3.8, 4) is 0 Å². The minimum absolute atomic E-state index is 0.0162. The van der Waals surface area contributed by atoms with Gasteiger partial charge in [0.05, 0.1) is 5.54 Å². The number of hydrogen-bond donors (Lipinski definition) is 1. The molecule has 2 aromatic carbocycles. The first-order valence-electron chi connectivity index (χ1n) is 7.33. The number of hydrogen-bond acceptors (Lipinski definition) is 1. The summed E-state index contributed by atoms with van der Waals surface area (Å²) in [4.78, 5) is 12.5. The largest absolute Gasteiger partial charge is 0.343 e. The molecular weight excluding hydrogens is 282 g/mol. The van der Waals surface area contributed by atoms with E-state index in [2.05, 4.69) is 11.4 Å². The molecule has 0 heterocycles. The average molecular weight is 300 g/mol. The van der Waals surface area contributed by atoms with E-state index in [1.54, 1.807) is 0 Å². The maximum atomic E-state index is 12.5. The Balaban J connectivity index is 1.90. The first kappa shape index (κ1) is 14.2. The molecule has 1 fully saturated rings. The van der Waals surface area contributed by atoms with Crippen LogP contribution in [0.1, 0.15) is 41.6 Å². The van der Waals surface area contributed by atoms with Crippen molar-refractivity contribution in [1.29, 1.82) is 0 Å². The number of rotatable bonds is 3. The third-order valence-electron chi connectivity index (χ3n) is 4.22. The molecule has 21 heavy (non-hydrogen) atoms. The number of amides is 1. The molecule has 2 aromatic rings. The molecule has 3 rings (SSSR count). The van der Waals surface area contributed by atoms with Gasteiger partial charge in [0.15, 0.2) is 0 Å². The van der Waals surface area contributed by atoms with Crippen molar-refractivity contribution in [3.63, 3.8) is 0 Å². The van der Waals surface area contributed by atoms with Gasteiger partial charge in [0, 0.05) is 10.6 Å². The molecule has 0 aromatic heterocycles. The van der Waals surface area contributed by atoms with E-state index in [9.17, 15) is 4.79 Å². The third-order valence-corrected chi connectivity index (χ3v) is 4.46. The van der Waals surface area contributed by atoms with E-state index in [1.165, 1.54) is 0 Å². The molecule has 1 aliphatic rings. The van der Waals surface area contributed by atoms with Crippen LogP contribution in [0.25, 0.3) is 0 Å². The van der Waals surface area contributed by atoms with Gasteiger partial charge in [0.25, 0.3) is 5.91 Å². The van der Waals surface area contributed by atoms with Crippen molar-refractivity contribution in [2.24, 2.45) is 0 Å². The monoisotopic (exact) mass is 299 g/mol. The highest BCUT2D eigenvalue weighted by Gasteiger charge is 2.37. The van der Waals surface area contributed by atoms with Crippen molar-refractivity contribution < 1.29 is 4.79 Å². The molecule has 0 bridgehead atoms. The van der Waals surface area contributed by atoms with Gasteiger partial charge < -0.3 is 5.32 Å². The molecule has 0 atom stereocenters. The first-order valence-corrected chi connectivity index (χ1v) is 7.71. The van der Waals surface area contributed by atoms with E-state index < -0.39 is 0 Å². The summed E-state index contributed by atoms with van der Waals surface area (Å²) in [6.45, 7) is 0. The van der Waals surface area contributed by atoms with Crippen LogP contribution in [0.4, 0.5) is 0 Å². The lowest BCUT2D eigenvalue weighted by Crippen LogP contribution is -2.43. The number of carbonyl (C=O) groups excluding carboxylic acids is 1. The molecule has 2 nitrogen and oxygen atoms in total. The fourth-order valence-electron chi connectivity index (χ4n) is 3.13. The van der Waals surface area contributed by atoms with Crippen LogP contribution in [0.3, 0.4) is 0 Å². The van der Waals surface area contributed by atoms with Crippen molar-refractivity contribution in [2.45, 2.75) is 31.2 Å². The number of nitrogens with one attached hydrogen (secondary N) is 1. The first-order chi connectivity index (χ1) is 10.2. The maximum Gasteiger partial charge on any atom is 0.251 e. The van der Waals surface area contributed by atoms with E-state index in [4.69, 9.17) is 11.6 Å². The molecular formula is C18H18ClNO. The van der Waals surface area contributed by atoms with Gasteiger partial charge in [0.2, 0.25) is 0 Å². The second-order valence-electron chi connectivity index (χ2n) is 5.62. The van der Waals surface area contributed by atoms with Gasteiger partial charge >= 0.3 is 0 Å². The van der Waals surface area contributed by atoms with Crippen molar-refractivity contribution in [3.05, 3.63) is 70.7 Å². The Labute approximate surface area is 130 Å². The van der Waals surface area contributed by atoms with Crippen LogP contribution >= 0.6 is 11.6 Å². The standard InChI is InChI=1S/C18H18ClNO/c19-16-10-6-9-15(13-16)18(11-4-5-12-18)20-17(21)14-7-2-1-3-8-14/h1-3,6-10,13H,4-5,11-12H2,(H,20,21). The maximum absolute atomic E-state index is 12.5. The average Bonchev–Trinajstić information content (AvgIpc) is 2.98. The minimum atomic E-state index is -0.280. The van der Waals surface area contributed by atoms with Crippen molar-refractivity contribution in [2.75, 3.05) is 0 Å². The van der Waals surface area contributed by atoms with Gasteiger partial charge in [-0.2, -0.15) is 0 Å². The second-order valence-corrected chi connectivity index (χ2v) is 6.06. The molecule has 1 saturated carbocycles. The summed E-state index contributed by atoms with van der Waals surface area (Å²) in [5.74, 6) is -0.0162. The van der Waals surface area contributed by atoms with E-state index >= 15 is 0 Å². The lowest BCUT2D eigenvalue weighted by Gasteiger charge is -2.31. The van der Waals surface area contributed by atoms with Crippen molar-refractivity contribution >= 4 is 17.5 Å². The van der Waals surface area contributed by atoms with E-state index in [1.807, 2.05) is 48.5 Å². The Morgan fingerprint density at radius 2 is 1.71 bits per heavy atom. The summed E-state index contributed by atoms with van der Waals surface area (Å²) in [5.41, 5.74) is 1.53. The molecule has 0 unspecified atom stereocenters. The Morgan fingerprint density at radius 3 is 2.38 bits per heavy atom. The fourth-order valence-corrected chi connectivity index (χ4v) is 3.32. The zero-order chi connectivity index (χ0) is 14.7. The Morgan fingerprint density at radius 1 is 1.00 bits per heavy atom. The molecule has 1 aliphatic carbocycles.